The van der Waals surface area contributed by atoms with Gasteiger partial charge in [0.1, 0.15) is 0 Å². The number of rotatable bonds is 4. The van der Waals surface area contributed by atoms with E-state index in [0.29, 0.717) is 31.0 Å². The minimum atomic E-state index is -3.25. The molecule has 0 aromatic carbocycles. The predicted octanol–water partition coefficient (Wildman–Crippen LogP) is 0.959. The summed E-state index contributed by atoms with van der Waals surface area (Å²) in [5.41, 5.74) is 0. The van der Waals surface area contributed by atoms with Crippen LogP contribution < -0.4 is 0 Å². The molecule has 1 aliphatic rings. The highest BCUT2D eigenvalue weighted by Crippen LogP contribution is 2.26. The van der Waals surface area contributed by atoms with Crippen molar-refractivity contribution in [1.29, 1.82) is 0 Å². The van der Waals surface area contributed by atoms with Crippen molar-refractivity contribution in [3.8, 4) is 0 Å². The number of hydrogen-bond donors (Lipinski definition) is 0. The molecule has 0 spiro atoms. The molecule has 0 aromatic rings. The molecule has 1 heterocycles. The second-order valence-corrected chi connectivity index (χ2v) is 9.03. The van der Waals surface area contributed by atoms with Crippen molar-refractivity contribution in [1.82, 2.24) is 4.31 Å². The van der Waals surface area contributed by atoms with E-state index in [1.165, 1.54) is 4.31 Å². The lowest BCUT2D eigenvalue weighted by Crippen LogP contribution is -2.49. The second-order valence-electron chi connectivity index (χ2n) is 4.76. The van der Waals surface area contributed by atoms with Crippen LogP contribution in [0.2, 0.25) is 0 Å². The Hall–Kier alpha value is 0.0600. The van der Waals surface area contributed by atoms with Gasteiger partial charge in [-0.2, -0.15) is 4.31 Å². The highest BCUT2D eigenvalue weighted by molar-refractivity contribution is 7.90. The van der Waals surface area contributed by atoms with Crippen LogP contribution >= 0.6 is 0 Å². The van der Waals surface area contributed by atoms with E-state index in [1.807, 2.05) is 6.92 Å². The molecule has 6 heteroatoms. The van der Waals surface area contributed by atoms with Gasteiger partial charge in [-0.05, 0) is 20.3 Å². The zero-order valence-electron chi connectivity index (χ0n) is 10.2. The first-order valence-corrected chi connectivity index (χ1v) is 8.59. The zero-order chi connectivity index (χ0) is 12.4. The van der Waals surface area contributed by atoms with E-state index in [2.05, 4.69) is 0 Å². The van der Waals surface area contributed by atoms with E-state index in [9.17, 15) is 12.6 Å². The van der Waals surface area contributed by atoms with Gasteiger partial charge < -0.3 is 0 Å². The van der Waals surface area contributed by atoms with E-state index in [-0.39, 0.29) is 0 Å². The summed E-state index contributed by atoms with van der Waals surface area (Å²) in [5.74, 6) is 0.947. The van der Waals surface area contributed by atoms with E-state index in [1.54, 1.807) is 13.8 Å². The van der Waals surface area contributed by atoms with Crippen LogP contribution in [-0.2, 0) is 20.8 Å². The van der Waals surface area contributed by atoms with Crippen LogP contribution in [0.15, 0.2) is 0 Å². The SMILES string of the molecule is CCCC(C)(C)S(=O)(=O)N1CCS(=O)CC1. The first-order chi connectivity index (χ1) is 7.31. The van der Waals surface area contributed by atoms with Gasteiger partial charge >= 0.3 is 0 Å². The molecule has 1 rings (SSSR count). The normalized spacial score (nSPS) is 21.2. The molecule has 0 bridgehead atoms. The maximum absolute atomic E-state index is 12.3. The average molecular weight is 267 g/mol. The molecule has 0 saturated carbocycles. The Morgan fingerprint density at radius 2 is 1.75 bits per heavy atom. The Labute approximate surface area is 101 Å². The monoisotopic (exact) mass is 267 g/mol. The molecule has 1 aliphatic heterocycles. The number of sulfonamides is 1. The van der Waals surface area contributed by atoms with Crippen molar-refractivity contribution in [3.63, 3.8) is 0 Å². The molecule has 1 fully saturated rings. The lowest BCUT2D eigenvalue weighted by Gasteiger charge is -2.34. The summed E-state index contributed by atoms with van der Waals surface area (Å²) in [6.07, 6.45) is 1.51. The maximum Gasteiger partial charge on any atom is 0.219 e. The average Bonchev–Trinajstić information content (AvgIpc) is 2.18. The van der Waals surface area contributed by atoms with Gasteiger partial charge in [0.25, 0.3) is 0 Å². The smallest absolute Gasteiger partial charge is 0.219 e. The highest BCUT2D eigenvalue weighted by Gasteiger charge is 2.39. The Balaban J connectivity index is 2.81. The van der Waals surface area contributed by atoms with Gasteiger partial charge in [-0.3, -0.25) is 4.21 Å². The summed E-state index contributed by atoms with van der Waals surface area (Å²) < 4.78 is 36.7. The maximum atomic E-state index is 12.3. The minimum absolute atomic E-state index is 0.405. The molecule has 0 amide bonds. The molecule has 16 heavy (non-hydrogen) atoms. The fraction of sp³-hybridized carbons (Fsp3) is 1.00. The second kappa shape index (κ2) is 5.14. The van der Waals surface area contributed by atoms with Crippen molar-refractivity contribution in [2.75, 3.05) is 24.6 Å². The summed E-state index contributed by atoms with van der Waals surface area (Å²) in [4.78, 5) is 0. The van der Waals surface area contributed by atoms with Crippen molar-refractivity contribution in [3.05, 3.63) is 0 Å². The summed E-state index contributed by atoms with van der Waals surface area (Å²) >= 11 is 0. The Bertz CT molecular complexity index is 352. The van der Waals surface area contributed by atoms with Crippen LogP contribution in [0.3, 0.4) is 0 Å². The molecule has 0 radical (unpaired) electrons. The Morgan fingerprint density at radius 1 is 1.25 bits per heavy atom. The Kier molecular flexibility index (Phi) is 4.54. The molecule has 0 atom stereocenters. The number of nitrogens with zero attached hydrogens (tertiary/aromatic N) is 1. The molecule has 0 N–H and O–H groups in total. The van der Waals surface area contributed by atoms with Gasteiger partial charge in [0.05, 0.1) is 4.75 Å². The molecule has 0 unspecified atom stereocenters. The third-order valence-corrected chi connectivity index (χ3v) is 6.95. The molecular weight excluding hydrogens is 246 g/mol. The van der Waals surface area contributed by atoms with Crippen molar-refractivity contribution in [2.45, 2.75) is 38.4 Å². The zero-order valence-corrected chi connectivity index (χ0v) is 11.9. The van der Waals surface area contributed by atoms with Gasteiger partial charge in [0.15, 0.2) is 0 Å². The van der Waals surface area contributed by atoms with E-state index in [0.717, 1.165) is 6.42 Å². The quantitative estimate of drug-likeness (QED) is 0.762. The first-order valence-electron chi connectivity index (χ1n) is 5.66. The minimum Gasteiger partial charge on any atom is -0.259 e. The van der Waals surface area contributed by atoms with Gasteiger partial charge in [-0.1, -0.05) is 13.3 Å². The lowest BCUT2D eigenvalue weighted by molar-refractivity contribution is 0.406. The summed E-state index contributed by atoms with van der Waals surface area (Å²) in [7, 11) is -4.08. The van der Waals surface area contributed by atoms with Crippen LogP contribution in [0.25, 0.3) is 0 Å². The highest BCUT2D eigenvalue weighted by atomic mass is 32.2. The fourth-order valence-electron chi connectivity index (χ4n) is 1.94. The van der Waals surface area contributed by atoms with Crippen molar-refractivity contribution >= 4 is 20.8 Å². The lowest BCUT2D eigenvalue weighted by atomic mass is 10.1. The van der Waals surface area contributed by atoms with Gasteiger partial charge in [0.2, 0.25) is 10.0 Å². The van der Waals surface area contributed by atoms with Gasteiger partial charge in [-0.15, -0.1) is 0 Å². The van der Waals surface area contributed by atoms with E-state index < -0.39 is 25.6 Å². The summed E-state index contributed by atoms with van der Waals surface area (Å²) in [5, 5.41) is 0. The van der Waals surface area contributed by atoms with Gasteiger partial charge in [-0.25, -0.2) is 8.42 Å². The largest absolute Gasteiger partial charge is 0.259 e. The van der Waals surface area contributed by atoms with Crippen LogP contribution in [0.1, 0.15) is 33.6 Å². The van der Waals surface area contributed by atoms with E-state index in [4.69, 9.17) is 0 Å². The summed E-state index contributed by atoms with van der Waals surface area (Å²) in [6, 6.07) is 0. The molecule has 0 aromatic heterocycles. The van der Waals surface area contributed by atoms with E-state index >= 15 is 0 Å². The molecule has 96 valence electrons. The van der Waals surface area contributed by atoms with Crippen LogP contribution in [0, 0.1) is 0 Å². The van der Waals surface area contributed by atoms with Crippen LogP contribution in [-0.4, -0.2) is 46.3 Å². The molecular formula is C10H21NO3S2. The third kappa shape index (κ3) is 2.84. The van der Waals surface area contributed by atoms with Gasteiger partial charge in [0, 0.05) is 35.4 Å². The first kappa shape index (κ1) is 14.1. The number of hydrogen-bond acceptors (Lipinski definition) is 3. The predicted molar refractivity (Wildman–Crippen MR) is 67.4 cm³/mol. The van der Waals surface area contributed by atoms with Crippen LogP contribution in [0.4, 0.5) is 0 Å². The third-order valence-electron chi connectivity index (χ3n) is 3.03. The summed E-state index contributed by atoms with van der Waals surface area (Å²) in [6.45, 7) is 6.35. The van der Waals surface area contributed by atoms with Crippen LogP contribution in [0.5, 0.6) is 0 Å². The Morgan fingerprint density at radius 3 is 2.19 bits per heavy atom. The van der Waals surface area contributed by atoms with Crippen molar-refractivity contribution in [2.24, 2.45) is 0 Å². The topological polar surface area (TPSA) is 54.5 Å². The molecule has 4 nitrogen and oxygen atoms in total. The molecule has 0 aliphatic carbocycles. The standard InChI is InChI=1S/C10H21NO3S2/c1-4-5-10(2,3)16(13,14)11-6-8-15(12)9-7-11/h4-9H2,1-3H3. The fourth-order valence-corrected chi connectivity index (χ4v) is 5.05. The molecule has 1 saturated heterocycles. The van der Waals surface area contributed by atoms with Crippen molar-refractivity contribution < 1.29 is 12.6 Å².